The normalized spacial score (nSPS) is 21.5. The van der Waals surface area contributed by atoms with Crippen molar-refractivity contribution in [3.8, 4) is 0 Å². The summed E-state index contributed by atoms with van der Waals surface area (Å²) in [6, 6.07) is 0. The zero-order valence-corrected chi connectivity index (χ0v) is 10.5. The molecule has 15 heavy (non-hydrogen) atoms. The van der Waals surface area contributed by atoms with Gasteiger partial charge in [0.1, 0.15) is 0 Å². The summed E-state index contributed by atoms with van der Waals surface area (Å²) in [6.45, 7) is 8.77. The number of piperidine rings is 1. The van der Waals surface area contributed by atoms with Crippen molar-refractivity contribution in [2.24, 2.45) is 11.8 Å². The quantitative estimate of drug-likeness (QED) is 0.603. The molecule has 1 nitrogen and oxygen atoms in total. The first kappa shape index (κ1) is 12.8. The van der Waals surface area contributed by atoms with E-state index < -0.39 is 0 Å². The van der Waals surface area contributed by atoms with Crippen molar-refractivity contribution in [2.75, 3.05) is 20.1 Å². The Kier molecular flexibility index (Phi) is 6.00. The lowest BCUT2D eigenvalue weighted by molar-refractivity contribution is 0.159. The predicted octanol–water partition coefficient (Wildman–Crippen LogP) is 3.71. The molecule has 1 fully saturated rings. The van der Waals surface area contributed by atoms with E-state index in [1.165, 1.54) is 51.6 Å². The maximum Gasteiger partial charge on any atom is -0.00190 e. The Morgan fingerprint density at radius 3 is 2.53 bits per heavy atom. The van der Waals surface area contributed by atoms with Gasteiger partial charge in [-0.2, -0.15) is 0 Å². The van der Waals surface area contributed by atoms with Crippen LogP contribution in [0.15, 0.2) is 12.7 Å². The molecule has 0 amide bonds. The molecule has 0 aromatic heterocycles. The lowest BCUT2D eigenvalue weighted by Crippen LogP contribution is -2.33. The second kappa shape index (κ2) is 7.05. The molecular weight excluding hydrogens is 182 g/mol. The summed E-state index contributed by atoms with van der Waals surface area (Å²) in [4.78, 5) is 2.47. The van der Waals surface area contributed by atoms with Crippen molar-refractivity contribution < 1.29 is 0 Å². The van der Waals surface area contributed by atoms with Gasteiger partial charge in [0.2, 0.25) is 0 Å². The molecule has 0 bridgehead atoms. The highest BCUT2D eigenvalue weighted by atomic mass is 15.1. The van der Waals surface area contributed by atoms with E-state index in [1.54, 1.807) is 0 Å². The highest BCUT2D eigenvalue weighted by Crippen LogP contribution is 2.31. The Bertz CT molecular complexity index is 168. The van der Waals surface area contributed by atoms with E-state index in [0.29, 0.717) is 0 Å². The van der Waals surface area contributed by atoms with Crippen LogP contribution in [0.4, 0.5) is 0 Å². The molecule has 88 valence electrons. The van der Waals surface area contributed by atoms with Gasteiger partial charge in [-0.1, -0.05) is 25.8 Å². The van der Waals surface area contributed by atoms with E-state index in [2.05, 4.69) is 31.5 Å². The van der Waals surface area contributed by atoms with Crippen LogP contribution in [0.2, 0.25) is 0 Å². The Morgan fingerprint density at radius 1 is 1.33 bits per heavy atom. The molecule has 1 unspecified atom stereocenters. The fourth-order valence-corrected chi connectivity index (χ4v) is 2.82. The van der Waals surface area contributed by atoms with Crippen molar-refractivity contribution >= 4 is 0 Å². The van der Waals surface area contributed by atoms with Gasteiger partial charge in [0, 0.05) is 0 Å². The van der Waals surface area contributed by atoms with Crippen molar-refractivity contribution in [1.29, 1.82) is 0 Å². The van der Waals surface area contributed by atoms with Gasteiger partial charge in [0.25, 0.3) is 0 Å². The number of allylic oxidation sites excluding steroid dienone is 1. The average Bonchev–Trinajstić information content (AvgIpc) is 2.25. The van der Waals surface area contributed by atoms with Crippen LogP contribution in [0, 0.1) is 11.8 Å². The number of nitrogens with zero attached hydrogens (tertiary/aromatic N) is 1. The standard InChI is InChI=1S/C14H27N/c1-4-6-8-13(7-5-2)14-9-11-15(3)12-10-14/h4,13-14H,1,5-12H2,2-3H3. The predicted molar refractivity (Wildman–Crippen MR) is 68.1 cm³/mol. The molecule has 1 aliphatic rings. The summed E-state index contributed by atoms with van der Waals surface area (Å²) in [6.07, 6.45) is 10.2. The first-order chi connectivity index (χ1) is 7.27. The largest absolute Gasteiger partial charge is 0.306 e. The minimum Gasteiger partial charge on any atom is -0.306 e. The van der Waals surface area contributed by atoms with Gasteiger partial charge in [0.05, 0.1) is 0 Å². The third-order valence-corrected chi connectivity index (χ3v) is 3.83. The molecular formula is C14H27N. The number of rotatable bonds is 6. The molecule has 1 atom stereocenters. The Morgan fingerprint density at radius 2 is 2.00 bits per heavy atom. The third-order valence-electron chi connectivity index (χ3n) is 3.83. The molecule has 1 aliphatic heterocycles. The van der Waals surface area contributed by atoms with Crippen molar-refractivity contribution in [1.82, 2.24) is 4.90 Å². The smallest absolute Gasteiger partial charge is 0.00190 e. The lowest BCUT2D eigenvalue weighted by Gasteiger charge is -2.34. The van der Waals surface area contributed by atoms with Gasteiger partial charge in [0.15, 0.2) is 0 Å². The number of hydrogen-bond donors (Lipinski definition) is 0. The molecule has 0 aromatic rings. The molecule has 1 heteroatoms. The molecule has 0 saturated carbocycles. The maximum atomic E-state index is 3.84. The van der Waals surface area contributed by atoms with Crippen LogP contribution in [0.25, 0.3) is 0 Å². The summed E-state index contributed by atoms with van der Waals surface area (Å²) in [7, 11) is 2.24. The monoisotopic (exact) mass is 209 g/mol. The van der Waals surface area contributed by atoms with Gasteiger partial charge < -0.3 is 4.90 Å². The van der Waals surface area contributed by atoms with Crippen molar-refractivity contribution in [2.45, 2.75) is 45.4 Å². The second-order valence-corrected chi connectivity index (χ2v) is 5.06. The molecule has 0 aliphatic carbocycles. The van der Waals surface area contributed by atoms with Gasteiger partial charge >= 0.3 is 0 Å². The van der Waals surface area contributed by atoms with Crippen LogP contribution in [-0.4, -0.2) is 25.0 Å². The van der Waals surface area contributed by atoms with Gasteiger partial charge in [-0.25, -0.2) is 0 Å². The van der Waals surface area contributed by atoms with Crippen LogP contribution < -0.4 is 0 Å². The number of hydrogen-bond acceptors (Lipinski definition) is 1. The van der Waals surface area contributed by atoms with E-state index in [1.807, 2.05) is 0 Å². The van der Waals surface area contributed by atoms with E-state index in [-0.39, 0.29) is 0 Å². The highest BCUT2D eigenvalue weighted by molar-refractivity contribution is 4.79. The molecule has 0 spiro atoms. The summed E-state index contributed by atoms with van der Waals surface area (Å²) in [5.74, 6) is 1.95. The average molecular weight is 209 g/mol. The Balaban J connectivity index is 2.36. The minimum atomic E-state index is 0.960. The van der Waals surface area contributed by atoms with E-state index in [4.69, 9.17) is 0 Å². The van der Waals surface area contributed by atoms with Crippen LogP contribution in [0.3, 0.4) is 0 Å². The topological polar surface area (TPSA) is 3.24 Å². The van der Waals surface area contributed by atoms with E-state index in [0.717, 1.165) is 11.8 Å². The highest BCUT2D eigenvalue weighted by Gasteiger charge is 2.23. The fourth-order valence-electron chi connectivity index (χ4n) is 2.82. The molecule has 1 saturated heterocycles. The van der Waals surface area contributed by atoms with E-state index in [9.17, 15) is 0 Å². The Labute approximate surface area is 95.5 Å². The van der Waals surface area contributed by atoms with E-state index >= 15 is 0 Å². The van der Waals surface area contributed by atoms with Gasteiger partial charge in [-0.15, -0.1) is 6.58 Å². The minimum absolute atomic E-state index is 0.960. The molecule has 1 rings (SSSR count). The zero-order valence-electron chi connectivity index (χ0n) is 10.5. The maximum absolute atomic E-state index is 3.84. The third kappa shape index (κ3) is 4.38. The van der Waals surface area contributed by atoms with Gasteiger partial charge in [-0.3, -0.25) is 0 Å². The molecule has 0 radical (unpaired) electrons. The SMILES string of the molecule is C=CCCC(CCC)C1CCN(C)CC1. The number of likely N-dealkylation sites (tertiary alicyclic amines) is 1. The van der Waals surface area contributed by atoms with Crippen LogP contribution in [-0.2, 0) is 0 Å². The van der Waals surface area contributed by atoms with Crippen molar-refractivity contribution in [3.63, 3.8) is 0 Å². The summed E-state index contributed by atoms with van der Waals surface area (Å²) >= 11 is 0. The summed E-state index contributed by atoms with van der Waals surface area (Å²) in [5.41, 5.74) is 0. The summed E-state index contributed by atoms with van der Waals surface area (Å²) in [5, 5.41) is 0. The van der Waals surface area contributed by atoms with Crippen LogP contribution in [0.1, 0.15) is 45.4 Å². The zero-order chi connectivity index (χ0) is 11.1. The first-order valence-corrected chi connectivity index (χ1v) is 6.57. The first-order valence-electron chi connectivity index (χ1n) is 6.57. The van der Waals surface area contributed by atoms with Crippen LogP contribution in [0.5, 0.6) is 0 Å². The summed E-state index contributed by atoms with van der Waals surface area (Å²) < 4.78 is 0. The molecule has 0 aromatic carbocycles. The molecule has 1 heterocycles. The lowest BCUT2D eigenvalue weighted by atomic mass is 9.79. The molecule has 0 N–H and O–H groups in total. The second-order valence-electron chi connectivity index (χ2n) is 5.06. The fraction of sp³-hybridized carbons (Fsp3) is 0.857. The van der Waals surface area contributed by atoms with Crippen molar-refractivity contribution in [3.05, 3.63) is 12.7 Å². The van der Waals surface area contributed by atoms with Gasteiger partial charge in [-0.05, 0) is 57.7 Å². The van der Waals surface area contributed by atoms with Crippen LogP contribution >= 0.6 is 0 Å². The Hall–Kier alpha value is -0.300.